The fraction of sp³-hybridized carbons (Fsp3) is 0.379. The molecule has 1 aromatic heterocycles. The second kappa shape index (κ2) is 10.8. The van der Waals surface area contributed by atoms with Crippen LogP contribution in [0.25, 0.3) is 0 Å². The molecule has 38 heavy (non-hydrogen) atoms. The van der Waals surface area contributed by atoms with E-state index < -0.39 is 30.1 Å². The summed E-state index contributed by atoms with van der Waals surface area (Å²) >= 11 is 0. The maximum absolute atomic E-state index is 14.6. The molecular formula is C29H32FN5O3. The highest BCUT2D eigenvalue weighted by atomic mass is 19.1. The molecule has 1 saturated heterocycles. The smallest absolute Gasteiger partial charge is 0.275 e. The number of aryl methyl sites for hydroxylation is 1. The Morgan fingerprint density at radius 1 is 1.05 bits per heavy atom. The molecule has 0 saturated carbocycles. The van der Waals surface area contributed by atoms with Crippen molar-refractivity contribution in [3.63, 3.8) is 0 Å². The van der Waals surface area contributed by atoms with Gasteiger partial charge in [0.2, 0.25) is 5.91 Å². The number of rotatable bonds is 6. The standard InChI is InChI=1S/C29H32FN5O3/c1-18(2)19-9-11-21(12-10-19)26(20-7-4-3-5-8-20)32-28(37)24-15-22(30)17-34(24)29(38)23-16-25-27(36)31-13-6-14-35(25)33-23/h3-5,7-12,16,18,22,24,26H,6,13-15,17H2,1-2H3,(H,31,36)(H,32,37)/t22-,24-,26+/m1/s1. The van der Waals surface area contributed by atoms with Crippen LogP contribution in [0.5, 0.6) is 0 Å². The number of carbonyl (C=O) groups is 3. The van der Waals surface area contributed by atoms with E-state index in [1.807, 2.05) is 54.6 Å². The molecule has 0 spiro atoms. The number of hydrogen-bond acceptors (Lipinski definition) is 4. The molecule has 0 unspecified atom stereocenters. The van der Waals surface area contributed by atoms with Gasteiger partial charge < -0.3 is 15.5 Å². The van der Waals surface area contributed by atoms with Crippen LogP contribution >= 0.6 is 0 Å². The lowest BCUT2D eigenvalue weighted by atomic mass is 9.95. The molecule has 0 aliphatic carbocycles. The molecule has 1 fully saturated rings. The van der Waals surface area contributed by atoms with Gasteiger partial charge in [-0.15, -0.1) is 0 Å². The summed E-state index contributed by atoms with van der Waals surface area (Å²) in [7, 11) is 0. The molecule has 198 valence electrons. The maximum Gasteiger partial charge on any atom is 0.275 e. The van der Waals surface area contributed by atoms with E-state index in [2.05, 4.69) is 29.6 Å². The zero-order chi connectivity index (χ0) is 26.8. The molecule has 5 rings (SSSR count). The number of aromatic nitrogens is 2. The Hall–Kier alpha value is -4.01. The first-order valence-electron chi connectivity index (χ1n) is 13.1. The number of benzene rings is 2. The Kier molecular flexibility index (Phi) is 7.26. The summed E-state index contributed by atoms with van der Waals surface area (Å²) in [6.45, 7) is 5.06. The Balaban J connectivity index is 1.39. The Bertz CT molecular complexity index is 1320. The van der Waals surface area contributed by atoms with Gasteiger partial charge in [-0.1, -0.05) is 68.4 Å². The lowest BCUT2D eigenvalue weighted by Crippen LogP contribution is -2.47. The van der Waals surface area contributed by atoms with Crippen molar-refractivity contribution in [3.05, 3.63) is 88.7 Å². The summed E-state index contributed by atoms with van der Waals surface area (Å²) in [5.74, 6) is -0.921. The predicted molar refractivity (Wildman–Crippen MR) is 140 cm³/mol. The molecule has 8 nitrogen and oxygen atoms in total. The van der Waals surface area contributed by atoms with Crippen LogP contribution in [0.3, 0.4) is 0 Å². The van der Waals surface area contributed by atoms with Gasteiger partial charge in [-0.25, -0.2) is 4.39 Å². The summed E-state index contributed by atoms with van der Waals surface area (Å²) in [6, 6.07) is 17.6. The summed E-state index contributed by atoms with van der Waals surface area (Å²) in [6.07, 6.45) is -0.743. The zero-order valence-electron chi connectivity index (χ0n) is 21.6. The zero-order valence-corrected chi connectivity index (χ0v) is 21.6. The number of nitrogens with zero attached hydrogens (tertiary/aromatic N) is 3. The monoisotopic (exact) mass is 517 g/mol. The van der Waals surface area contributed by atoms with Gasteiger partial charge in [-0.05, 0) is 29.0 Å². The highest BCUT2D eigenvalue weighted by Gasteiger charge is 2.42. The van der Waals surface area contributed by atoms with Crippen LogP contribution in [0.4, 0.5) is 4.39 Å². The van der Waals surface area contributed by atoms with Crippen molar-refractivity contribution in [1.29, 1.82) is 0 Å². The van der Waals surface area contributed by atoms with Gasteiger partial charge in [-0.3, -0.25) is 19.1 Å². The number of alkyl halides is 1. The highest BCUT2D eigenvalue weighted by molar-refractivity contribution is 6.00. The van der Waals surface area contributed by atoms with Crippen molar-refractivity contribution >= 4 is 17.7 Å². The van der Waals surface area contributed by atoms with Gasteiger partial charge in [0.15, 0.2) is 5.69 Å². The van der Waals surface area contributed by atoms with Gasteiger partial charge in [0, 0.05) is 25.6 Å². The van der Waals surface area contributed by atoms with E-state index in [0.717, 1.165) is 11.1 Å². The third-order valence-electron chi connectivity index (χ3n) is 7.23. The van der Waals surface area contributed by atoms with E-state index in [1.165, 1.54) is 21.2 Å². The first-order chi connectivity index (χ1) is 18.3. The summed E-state index contributed by atoms with van der Waals surface area (Å²) < 4.78 is 16.1. The molecule has 0 radical (unpaired) electrons. The van der Waals surface area contributed by atoms with E-state index in [1.54, 1.807) is 0 Å². The summed E-state index contributed by atoms with van der Waals surface area (Å²) in [4.78, 5) is 40.6. The van der Waals surface area contributed by atoms with Crippen molar-refractivity contribution in [2.24, 2.45) is 0 Å². The number of hydrogen-bond donors (Lipinski definition) is 2. The van der Waals surface area contributed by atoms with Crippen molar-refractivity contribution in [3.8, 4) is 0 Å². The van der Waals surface area contributed by atoms with Crippen LogP contribution in [0.1, 0.15) is 76.3 Å². The molecule has 2 aromatic carbocycles. The lowest BCUT2D eigenvalue weighted by molar-refractivity contribution is -0.125. The predicted octanol–water partition coefficient (Wildman–Crippen LogP) is 3.60. The van der Waals surface area contributed by atoms with Gasteiger partial charge in [0.1, 0.15) is 17.9 Å². The van der Waals surface area contributed by atoms with Crippen LogP contribution < -0.4 is 10.6 Å². The Morgan fingerprint density at radius 2 is 1.74 bits per heavy atom. The Morgan fingerprint density at radius 3 is 2.45 bits per heavy atom. The van der Waals surface area contributed by atoms with E-state index in [9.17, 15) is 18.8 Å². The number of fused-ring (bicyclic) bond motifs is 1. The molecule has 2 aliphatic heterocycles. The molecule has 3 amide bonds. The minimum Gasteiger partial charge on any atom is -0.351 e. The number of halogens is 1. The number of nitrogens with one attached hydrogen (secondary N) is 2. The molecule has 3 atom stereocenters. The maximum atomic E-state index is 14.6. The quantitative estimate of drug-likeness (QED) is 0.522. The topological polar surface area (TPSA) is 96.3 Å². The average molecular weight is 518 g/mol. The van der Waals surface area contributed by atoms with E-state index in [0.29, 0.717) is 25.4 Å². The normalized spacial score (nSPS) is 20.0. The lowest BCUT2D eigenvalue weighted by Gasteiger charge is -2.26. The second-order valence-electron chi connectivity index (χ2n) is 10.2. The molecule has 3 heterocycles. The molecule has 9 heteroatoms. The van der Waals surface area contributed by atoms with Crippen LogP contribution in [0.2, 0.25) is 0 Å². The van der Waals surface area contributed by atoms with Crippen LogP contribution in [0.15, 0.2) is 60.7 Å². The molecular weight excluding hydrogens is 485 g/mol. The van der Waals surface area contributed by atoms with Gasteiger partial charge in [0.05, 0.1) is 12.6 Å². The highest BCUT2D eigenvalue weighted by Crippen LogP contribution is 2.28. The molecule has 0 bridgehead atoms. The van der Waals surface area contributed by atoms with Crippen molar-refractivity contribution in [2.45, 2.75) is 57.4 Å². The SMILES string of the molecule is CC(C)c1ccc([C@@H](NC(=O)[C@H]2C[C@@H](F)CN2C(=O)c2cc3n(n2)CCCNC3=O)c2ccccc2)cc1. The van der Waals surface area contributed by atoms with Gasteiger partial charge in [0.25, 0.3) is 11.8 Å². The fourth-order valence-electron chi connectivity index (χ4n) is 5.12. The number of likely N-dealkylation sites (tertiary alicyclic amines) is 1. The first-order valence-corrected chi connectivity index (χ1v) is 13.1. The molecule has 3 aromatic rings. The third kappa shape index (κ3) is 5.18. The second-order valence-corrected chi connectivity index (χ2v) is 10.2. The molecule has 2 N–H and O–H groups in total. The van der Waals surface area contributed by atoms with E-state index >= 15 is 0 Å². The third-order valence-corrected chi connectivity index (χ3v) is 7.23. The summed E-state index contributed by atoms with van der Waals surface area (Å²) in [5, 5.41) is 10.2. The van der Waals surface area contributed by atoms with Crippen LogP contribution in [0, 0.1) is 0 Å². The van der Waals surface area contributed by atoms with Crippen LogP contribution in [-0.2, 0) is 11.3 Å². The van der Waals surface area contributed by atoms with Gasteiger partial charge in [-0.2, -0.15) is 5.10 Å². The Labute approximate surface area is 221 Å². The first kappa shape index (κ1) is 25.6. The largest absolute Gasteiger partial charge is 0.351 e. The fourth-order valence-corrected chi connectivity index (χ4v) is 5.12. The average Bonchev–Trinajstić information content (AvgIpc) is 3.49. The number of amides is 3. The number of carbonyl (C=O) groups excluding carboxylic acids is 3. The van der Waals surface area contributed by atoms with E-state index in [4.69, 9.17) is 0 Å². The summed E-state index contributed by atoms with van der Waals surface area (Å²) in [5.41, 5.74) is 3.29. The van der Waals surface area contributed by atoms with Gasteiger partial charge >= 0.3 is 0 Å². The minimum absolute atomic E-state index is 0.0350. The van der Waals surface area contributed by atoms with E-state index in [-0.39, 0.29) is 30.3 Å². The van der Waals surface area contributed by atoms with Crippen molar-refractivity contribution in [2.75, 3.05) is 13.1 Å². The minimum atomic E-state index is -1.33. The van der Waals surface area contributed by atoms with Crippen molar-refractivity contribution < 1.29 is 18.8 Å². The molecule has 2 aliphatic rings. The van der Waals surface area contributed by atoms with Crippen LogP contribution in [-0.4, -0.2) is 57.7 Å². The van der Waals surface area contributed by atoms with Crippen molar-refractivity contribution in [1.82, 2.24) is 25.3 Å².